The average molecular weight is 643 g/mol. The van der Waals surface area contributed by atoms with E-state index in [1.807, 2.05) is 0 Å². The average Bonchev–Trinajstić information content (AvgIpc) is 2.97. The van der Waals surface area contributed by atoms with Gasteiger partial charge in [-0.15, -0.1) is 24.0 Å². The quantitative estimate of drug-likeness (QED) is 0.138. The first-order chi connectivity index (χ1) is 15.9. The molecule has 3 heteroatoms. The molecule has 0 aliphatic carbocycles. The zero-order chi connectivity index (χ0) is 23.7. The van der Waals surface area contributed by atoms with Crippen LogP contribution in [-0.2, 0) is 5.41 Å². The lowest BCUT2D eigenvalue weighted by Gasteiger charge is -2.31. The van der Waals surface area contributed by atoms with Gasteiger partial charge in [0.1, 0.15) is 0 Å². The minimum Gasteiger partial charge on any atom is -0.368 e. The summed E-state index contributed by atoms with van der Waals surface area (Å²) in [5.41, 5.74) is 3.19. The lowest BCUT2D eigenvalue weighted by molar-refractivity contribution is 0.436. The van der Waals surface area contributed by atoms with Crippen LogP contribution in [0.1, 0.15) is 123 Å². The molecule has 0 aromatic heterocycles. The zero-order valence-corrected chi connectivity index (χ0v) is 26.2. The third-order valence-electron chi connectivity index (χ3n) is 8.18. The molecule has 1 atom stereocenters. The standard InChI is InChI=1S/C31H48BrN.HI/c1-5-6-7-8-9-10-11-12-13-14-15-16-17-18-21-33-25(2)31(3,4)29-23-27-22-28(32)20-19-26(27)24-30(29)33;/h19-20,22-25H,5-18,21H2,1-4H3;1H. The molecule has 0 saturated heterocycles. The number of halogens is 2. The lowest BCUT2D eigenvalue weighted by Crippen LogP contribution is -2.39. The number of hydrogen-bond donors (Lipinski definition) is 0. The molecule has 0 spiro atoms. The Hall–Kier alpha value is -0.290. The summed E-state index contributed by atoms with van der Waals surface area (Å²) in [6.45, 7) is 10.8. The van der Waals surface area contributed by atoms with Crippen molar-refractivity contribution >= 4 is 56.4 Å². The Morgan fingerprint density at radius 1 is 0.735 bits per heavy atom. The summed E-state index contributed by atoms with van der Waals surface area (Å²) in [5, 5.41) is 2.70. The Labute approximate surface area is 236 Å². The fourth-order valence-corrected chi connectivity index (χ4v) is 6.00. The summed E-state index contributed by atoms with van der Waals surface area (Å²) in [5.74, 6) is 0. The third kappa shape index (κ3) is 8.11. The number of unbranched alkanes of at least 4 members (excludes halogenated alkanes) is 13. The SMILES string of the molecule is CCCCCCCCCCCCCCCCN1c2cc3ccc(Br)cc3cc2C(C)(C)C1C.I. The van der Waals surface area contributed by atoms with Gasteiger partial charge < -0.3 is 4.90 Å². The van der Waals surface area contributed by atoms with Crippen molar-refractivity contribution in [3.8, 4) is 0 Å². The summed E-state index contributed by atoms with van der Waals surface area (Å²) in [6.07, 6.45) is 19.9. The van der Waals surface area contributed by atoms with E-state index in [0.717, 1.165) is 4.47 Å². The van der Waals surface area contributed by atoms with E-state index < -0.39 is 0 Å². The van der Waals surface area contributed by atoms with E-state index in [0.29, 0.717) is 6.04 Å². The van der Waals surface area contributed by atoms with Crippen molar-refractivity contribution in [1.82, 2.24) is 0 Å². The Bertz CT molecular complexity index is 862. The maximum Gasteiger partial charge on any atom is 0.0414 e. The van der Waals surface area contributed by atoms with Crippen LogP contribution in [0.25, 0.3) is 10.8 Å². The minimum absolute atomic E-state index is 0. The van der Waals surface area contributed by atoms with Crippen LogP contribution in [0.2, 0.25) is 0 Å². The van der Waals surface area contributed by atoms with Crippen molar-refractivity contribution in [2.75, 3.05) is 11.4 Å². The van der Waals surface area contributed by atoms with Crippen molar-refractivity contribution < 1.29 is 0 Å². The largest absolute Gasteiger partial charge is 0.368 e. The van der Waals surface area contributed by atoms with Crippen LogP contribution in [0.3, 0.4) is 0 Å². The molecule has 0 N–H and O–H groups in total. The predicted molar refractivity (Wildman–Crippen MR) is 167 cm³/mol. The fourth-order valence-electron chi connectivity index (χ4n) is 5.62. The van der Waals surface area contributed by atoms with Crippen LogP contribution in [0.5, 0.6) is 0 Å². The zero-order valence-electron chi connectivity index (χ0n) is 22.3. The van der Waals surface area contributed by atoms with Crippen LogP contribution in [0.4, 0.5) is 5.69 Å². The van der Waals surface area contributed by atoms with Gasteiger partial charge in [-0.1, -0.05) is 126 Å². The van der Waals surface area contributed by atoms with Gasteiger partial charge in [-0.3, -0.25) is 0 Å². The molecule has 2 aromatic carbocycles. The van der Waals surface area contributed by atoms with E-state index in [1.165, 1.54) is 118 Å². The van der Waals surface area contributed by atoms with Crippen LogP contribution >= 0.6 is 39.9 Å². The number of benzene rings is 2. The number of nitrogens with zero attached hydrogens (tertiary/aromatic N) is 1. The molecule has 34 heavy (non-hydrogen) atoms. The summed E-state index contributed by atoms with van der Waals surface area (Å²) in [4.78, 5) is 2.69. The molecule has 0 amide bonds. The fraction of sp³-hybridized carbons (Fsp3) is 0.677. The van der Waals surface area contributed by atoms with Gasteiger partial charge in [0.15, 0.2) is 0 Å². The molecule has 0 bridgehead atoms. The van der Waals surface area contributed by atoms with Gasteiger partial charge in [0, 0.05) is 28.2 Å². The van der Waals surface area contributed by atoms with Crippen LogP contribution in [0, 0.1) is 0 Å². The monoisotopic (exact) mass is 641 g/mol. The lowest BCUT2D eigenvalue weighted by atomic mass is 9.80. The summed E-state index contributed by atoms with van der Waals surface area (Å²) in [7, 11) is 0. The third-order valence-corrected chi connectivity index (χ3v) is 8.68. The van der Waals surface area contributed by atoms with Gasteiger partial charge in [-0.25, -0.2) is 0 Å². The Morgan fingerprint density at radius 3 is 1.82 bits per heavy atom. The second kappa shape index (κ2) is 15.1. The van der Waals surface area contributed by atoms with Gasteiger partial charge in [0.05, 0.1) is 0 Å². The van der Waals surface area contributed by atoms with E-state index in [1.54, 1.807) is 0 Å². The van der Waals surface area contributed by atoms with E-state index in [4.69, 9.17) is 0 Å². The highest BCUT2D eigenvalue weighted by Crippen LogP contribution is 2.47. The highest BCUT2D eigenvalue weighted by atomic mass is 127. The normalized spacial score (nSPS) is 16.6. The molecule has 3 rings (SSSR count). The van der Waals surface area contributed by atoms with Gasteiger partial charge in [0.25, 0.3) is 0 Å². The highest BCUT2D eigenvalue weighted by Gasteiger charge is 2.41. The Morgan fingerprint density at radius 2 is 1.26 bits per heavy atom. The molecule has 1 nitrogen and oxygen atoms in total. The van der Waals surface area contributed by atoms with Crippen LogP contribution in [-0.4, -0.2) is 12.6 Å². The van der Waals surface area contributed by atoms with Crippen molar-refractivity contribution in [2.24, 2.45) is 0 Å². The molecule has 0 saturated carbocycles. The summed E-state index contributed by atoms with van der Waals surface area (Å²) < 4.78 is 1.16. The van der Waals surface area contributed by atoms with Crippen LogP contribution < -0.4 is 4.90 Å². The van der Waals surface area contributed by atoms with Gasteiger partial charge in [-0.2, -0.15) is 0 Å². The Balaban J connectivity index is 0.00000408. The molecular formula is C31H49BrIN. The molecule has 1 aliphatic rings. The van der Waals surface area contributed by atoms with Crippen molar-refractivity contribution in [1.29, 1.82) is 0 Å². The second-order valence-corrected chi connectivity index (χ2v) is 12.0. The highest BCUT2D eigenvalue weighted by molar-refractivity contribution is 14.0. The van der Waals surface area contributed by atoms with Gasteiger partial charge in [0.2, 0.25) is 0 Å². The summed E-state index contributed by atoms with van der Waals surface area (Å²) >= 11 is 3.64. The minimum atomic E-state index is 0. The van der Waals surface area contributed by atoms with Crippen molar-refractivity contribution in [3.63, 3.8) is 0 Å². The second-order valence-electron chi connectivity index (χ2n) is 11.0. The van der Waals surface area contributed by atoms with Gasteiger partial charge >= 0.3 is 0 Å². The molecule has 0 fully saturated rings. The number of hydrogen-bond acceptors (Lipinski definition) is 1. The molecule has 1 unspecified atom stereocenters. The number of rotatable bonds is 15. The van der Waals surface area contributed by atoms with Gasteiger partial charge in [-0.05, 0) is 53.9 Å². The maximum atomic E-state index is 3.64. The Kier molecular flexibility index (Phi) is 13.3. The topological polar surface area (TPSA) is 3.24 Å². The van der Waals surface area contributed by atoms with E-state index in [2.05, 4.69) is 78.9 Å². The maximum absolute atomic E-state index is 3.64. The molecule has 1 aliphatic heterocycles. The number of fused-ring (bicyclic) bond motifs is 2. The molecule has 2 aromatic rings. The van der Waals surface area contributed by atoms with E-state index in [9.17, 15) is 0 Å². The van der Waals surface area contributed by atoms with Crippen molar-refractivity contribution in [2.45, 2.75) is 129 Å². The smallest absolute Gasteiger partial charge is 0.0414 e. The first-order valence-corrected chi connectivity index (χ1v) is 14.7. The first-order valence-electron chi connectivity index (χ1n) is 14.0. The molecule has 1 heterocycles. The molecule has 192 valence electrons. The summed E-state index contributed by atoms with van der Waals surface area (Å²) in [6, 6.07) is 12.1. The van der Waals surface area contributed by atoms with E-state index >= 15 is 0 Å². The molecule has 0 radical (unpaired) electrons. The van der Waals surface area contributed by atoms with Crippen LogP contribution in [0.15, 0.2) is 34.8 Å². The first kappa shape index (κ1) is 29.9. The predicted octanol–water partition coefficient (Wildman–Crippen LogP) is 11.2. The number of anilines is 1. The van der Waals surface area contributed by atoms with Crippen molar-refractivity contribution in [3.05, 3.63) is 40.4 Å². The molecular weight excluding hydrogens is 593 g/mol. The van der Waals surface area contributed by atoms with E-state index in [-0.39, 0.29) is 29.4 Å².